The van der Waals surface area contributed by atoms with Gasteiger partial charge in [-0.2, -0.15) is 0 Å². The van der Waals surface area contributed by atoms with E-state index in [4.69, 9.17) is 0 Å². The summed E-state index contributed by atoms with van der Waals surface area (Å²) in [6.45, 7) is 12.4. The average molecular weight is 187 g/mol. The van der Waals surface area contributed by atoms with Crippen LogP contribution in [-0.2, 0) is 0 Å². The minimum Gasteiger partial charge on any atom is -0.391 e. The molecule has 0 fully saturated rings. The van der Waals surface area contributed by atoms with Crippen molar-refractivity contribution in [2.75, 3.05) is 0 Å². The number of aliphatic hydroxyl groups excluding tert-OH is 1. The third-order valence-electron chi connectivity index (χ3n) is 1.68. The van der Waals surface area contributed by atoms with Crippen molar-refractivity contribution in [2.45, 2.75) is 52.2 Å². The summed E-state index contributed by atoms with van der Waals surface area (Å²) in [5.41, 5.74) is 0.601. The Bertz CT molecular complexity index is 170. The summed E-state index contributed by atoms with van der Waals surface area (Å²) in [6, 6.07) is 0.288. The van der Waals surface area contributed by atoms with Crippen LogP contribution in [0.4, 0.5) is 0 Å². The van der Waals surface area contributed by atoms with Gasteiger partial charge < -0.3 is 5.11 Å². The summed E-state index contributed by atoms with van der Waals surface area (Å²) >= 11 is 0. The van der Waals surface area contributed by atoms with E-state index in [0.29, 0.717) is 0 Å². The molecule has 3 heteroatoms. The summed E-state index contributed by atoms with van der Waals surface area (Å²) in [5, 5.41) is 9.83. The van der Waals surface area contributed by atoms with Crippen molar-refractivity contribution in [3.63, 3.8) is 0 Å². The SMILES string of the molecule is CC(=NC(C)C)C(O)[Si](C)(C)C. The van der Waals surface area contributed by atoms with Gasteiger partial charge in [-0.3, -0.25) is 4.99 Å². The maximum Gasteiger partial charge on any atom is 0.0854 e. The quantitative estimate of drug-likeness (QED) is 0.532. The monoisotopic (exact) mass is 187 g/mol. The Morgan fingerprint density at radius 2 is 1.67 bits per heavy atom. The van der Waals surface area contributed by atoms with Crippen LogP contribution in [0, 0.1) is 0 Å². The third-order valence-corrected chi connectivity index (χ3v) is 3.74. The van der Waals surface area contributed by atoms with Gasteiger partial charge in [-0.05, 0) is 20.8 Å². The molecule has 72 valence electrons. The van der Waals surface area contributed by atoms with Gasteiger partial charge >= 0.3 is 0 Å². The van der Waals surface area contributed by atoms with E-state index in [1.807, 2.05) is 20.8 Å². The molecule has 0 bridgehead atoms. The largest absolute Gasteiger partial charge is 0.391 e. The highest BCUT2D eigenvalue weighted by Crippen LogP contribution is 2.09. The standard InChI is InChI=1S/C9H21NOSi/c1-7(2)10-8(3)9(11)12(4,5)6/h7,9,11H,1-6H3. The summed E-state index contributed by atoms with van der Waals surface area (Å²) in [4.78, 5) is 4.35. The summed E-state index contributed by atoms with van der Waals surface area (Å²) < 4.78 is 0. The fourth-order valence-electron chi connectivity index (χ4n) is 1.10. The molecule has 1 unspecified atom stereocenters. The highest BCUT2D eigenvalue weighted by atomic mass is 28.3. The zero-order valence-corrected chi connectivity index (χ0v) is 10.0. The first-order valence-corrected chi connectivity index (χ1v) is 8.05. The first-order chi connectivity index (χ1) is 5.25. The molecule has 0 radical (unpaired) electrons. The van der Waals surface area contributed by atoms with Gasteiger partial charge in [-0.1, -0.05) is 19.6 Å². The lowest BCUT2D eigenvalue weighted by Gasteiger charge is -2.23. The van der Waals surface area contributed by atoms with Crippen molar-refractivity contribution in [2.24, 2.45) is 4.99 Å². The third kappa shape index (κ3) is 4.02. The number of nitrogens with zero attached hydrogens (tertiary/aromatic N) is 1. The van der Waals surface area contributed by atoms with Crippen LogP contribution >= 0.6 is 0 Å². The molecule has 0 aliphatic heterocycles. The second-order valence-electron chi connectivity index (χ2n) is 4.63. The van der Waals surface area contributed by atoms with Crippen LogP contribution in [0.25, 0.3) is 0 Å². The van der Waals surface area contributed by atoms with Gasteiger partial charge in [0.15, 0.2) is 0 Å². The van der Waals surface area contributed by atoms with Crippen LogP contribution in [0.2, 0.25) is 19.6 Å². The van der Waals surface area contributed by atoms with E-state index in [1.54, 1.807) is 0 Å². The van der Waals surface area contributed by atoms with Crippen LogP contribution in [0.5, 0.6) is 0 Å². The maximum absolute atomic E-state index is 9.83. The predicted molar refractivity (Wildman–Crippen MR) is 57.6 cm³/mol. The van der Waals surface area contributed by atoms with E-state index in [1.165, 1.54) is 0 Å². The van der Waals surface area contributed by atoms with E-state index in [0.717, 1.165) is 5.71 Å². The van der Waals surface area contributed by atoms with Crippen LogP contribution in [0.1, 0.15) is 20.8 Å². The zero-order chi connectivity index (χ0) is 9.94. The first kappa shape index (κ1) is 11.8. The molecule has 0 saturated carbocycles. The lowest BCUT2D eigenvalue weighted by molar-refractivity contribution is 0.306. The Labute approximate surface area is 76.7 Å². The Hall–Kier alpha value is -0.153. The van der Waals surface area contributed by atoms with E-state index in [9.17, 15) is 5.11 Å². The average Bonchev–Trinajstić information content (AvgIpc) is 1.82. The number of aliphatic hydroxyl groups is 1. The molecule has 0 aromatic heterocycles. The van der Waals surface area contributed by atoms with Crippen LogP contribution in [-0.4, -0.2) is 30.7 Å². The molecule has 0 rings (SSSR count). The zero-order valence-electron chi connectivity index (χ0n) is 9.05. The van der Waals surface area contributed by atoms with Gasteiger partial charge in [0.25, 0.3) is 0 Å². The fraction of sp³-hybridized carbons (Fsp3) is 0.889. The summed E-state index contributed by atoms with van der Waals surface area (Å²) in [6.07, 6.45) is 0. The molecule has 0 saturated heterocycles. The Kier molecular flexibility index (Phi) is 4.13. The predicted octanol–water partition coefficient (Wildman–Crippen LogP) is 2.09. The van der Waals surface area contributed by atoms with Crippen molar-refractivity contribution >= 4 is 13.8 Å². The van der Waals surface area contributed by atoms with E-state index < -0.39 is 8.07 Å². The Morgan fingerprint density at radius 3 is 1.92 bits per heavy atom. The molecule has 12 heavy (non-hydrogen) atoms. The van der Waals surface area contributed by atoms with Crippen LogP contribution < -0.4 is 0 Å². The maximum atomic E-state index is 9.83. The number of aliphatic imine (C=N–C) groups is 1. The number of hydrogen-bond acceptors (Lipinski definition) is 2. The van der Waals surface area contributed by atoms with E-state index in [-0.39, 0.29) is 11.8 Å². The smallest absolute Gasteiger partial charge is 0.0854 e. The minimum atomic E-state index is -1.47. The van der Waals surface area contributed by atoms with Gasteiger partial charge in [0.2, 0.25) is 0 Å². The van der Waals surface area contributed by atoms with Crippen LogP contribution in [0.15, 0.2) is 4.99 Å². The molecule has 0 aliphatic rings. The Balaban J connectivity index is 4.39. The van der Waals surface area contributed by atoms with Gasteiger partial charge in [0, 0.05) is 11.8 Å². The van der Waals surface area contributed by atoms with Crippen molar-refractivity contribution < 1.29 is 5.11 Å². The lowest BCUT2D eigenvalue weighted by atomic mass is 10.4. The molecule has 1 N–H and O–H groups in total. The van der Waals surface area contributed by atoms with Crippen molar-refractivity contribution in [3.8, 4) is 0 Å². The minimum absolute atomic E-state index is 0.288. The van der Waals surface area contributed by atoms with Crippen molar-refractivity contribution in [3.05, 3.63) is 0 Å². The number of rotatable bonds is 3. The molecule has 0 amide bonds. The van der Waals surface area contributed by atoms with Gasteiger partial charge in [-0.15, -0.1) is 0 Å². The molecule has 0 heterocycles. The summed E-state index contributed by atoms with van der Waals surface area (Å²) in [5.74, 6) is 0. The van der Waals surface area contributed by atoms with Crippen molar-refractivity contribution in [1.82, 2.24) is 0 Å². The van der Waals surface area contributed by atoms with Gasteiger partial charge in [0.1, 0.15) is 0 Å². The molecule has 0 aromatic carbocycles. The first-order valence-electron chi connectivity index (χ1n) is 4.47. The molecule has 1 atom stereocenters. The highest BCUT2D eigenvalue weighted by molar-refractivity contribution is 6.80. The number of hydrogen-bond donors (Lipinski definition) is 1. The molecule has 2 nitrogen and oxygen atoms in total. The van der Waals surface area contributed by atoms with Gasteiger partial charge in [-0.25, -0.2) is 0 Å². The van der Waals surface area contributed by atoms with Crippen LogP contribution in [0.3, 0.4) is 0 Å². The molecular weight excluding hydrogens is 166 g/mol. The normalized spacial score (nSPS) is 16.8. The van der Waals surface area contributed by atoms with E-state index in [2.05, 4.69) is 24.6 Å². The summed E-state index contributed by atoms with van der Waals surface area (Å²) in [7, 11) is -1.47. The molecule has 0 aliphatic carbocycles. The second-order valence-corrected chi connectivity index (χ2v) is 9.91. The molecular formula is C9H21NOSi. The van der Waals surface area contributed by atoms with Crippen molar-refractivity contribution in [1.29, 1.82) is 0 Å². The second kappa shape index (κ2) is 4.19. The highest BCUT2D eigenvalue weighted by Gasteiger charge is 2.26. The molecule has 0 spiro atoms. The topological polar surface area (TPSA) is 32.6 Å². The fourth-order valence-corrected chi connectivity index (χ4v) is 2.43. The van der Waals surface area contributed by atoms with E-state index >= 15 is 0 Å². The lowest BCUT2D eigenvalue weighted by Crippen LogP contribution is -2.43. The van der Waals surface area contributed by atoms with Gasteiger partial charge in [0.05, 0.1) is 13.8 Å². The Morgan fingerprint density at radius 1 is 1.25 bits per heavy atom. The molecule has 0 aromatic rings.